The molecule has 0 saturated carbocycles. The van der Waals surface area contributed by atoms with Crippen molar-refractivity contribution in [3.63, 3.8) is 0 Å². The molecule has 0 bridgehead atoms. The lowest BCUT2D eigenvalue weighted by atomic mass is 10.2. The van der Waals surface area contributed by atoms with Gasteiger partial charge in [-0.2, -0.15) is 4.98 Å². The first-order chi connectivity index (χ1) is 9.63. The summed E-state index contributed by atoms with van der Waals surface area (Å²) in [7, 11) is 0. The van der Waals surface area contributed by atoms with Gasteiger partial charge in [0.1, 0.15) is 17.5 Å². The molecule has 3 N–H and O–H groups in total. The van der Waals surface area contributed by atoms with Crippen LogP contribution in [0.5, 0.6) is 0 Å². The molecule has 1 heterocycles. The van der Waals surface area contributed by atoms with Gasteiger partial charge in [-0.1, -0.05) is 6.07 Å². The van der Waals surface area contributed by atoms with Gasteiger partial charge in [0.2, 0.25) is 5.95 Å². The summed E-state index contributed by atoms with van der Waals surface area (Å²) in [6, 6.07) is 10.2. The van der Waals surface area contributed by atoms with E-state index in [4.69, 9.17) is 5.73 Å². The van der Waals surface area contributed by atoms with Crippen LogP contribution >= 0.6 is 0 Å². The van der Waals surface area contributed by atoms with Gasteiger partial charge in [0, 0.05) is 5.69 Å². The number of fused-ring (bicyclic) bond motifs is 1. The van der Waals surface area contributed by atoms with Gasteiger partial charge >= 0.3 is 0 Å². The summed E-state index contributed by atoms with van der Waals surface area (Å²) in [6.45, 7) is 0. The van der Waals surface area contributed by atoms with Crippen LogP contribution in [0, 0.1) is 11.6 Å². The lowest BCUT2D eigenvalue weighted by Crippen LogP contribution is -2.02. The summed E-state index contributed by atoms with van der Waals surface area (Å²) < 4.78 is 26.4. The first-order valence-corrected chi connectivity index (χ1v) is 5.88. The zero-order valence-electron chi connectivity index (χ0n) is 10.3. The Kier molecular flexibility index (Phi) is 2.90. The third kappa shape index (κ3) is 2.23. The molecule has 1 aromatic heterocycles. The fraction of sp³-hybridized carbons (Fsp3) is 0. The van der Waals surface area contributed by atoms with Crippen LogP contribution in [0.3, 0.4) is 0 Å². The number of halogens is 2. The molecule has 3 rings (SSSR count). The number of hydrogen-bond donors (Lipinski definition) is 2. The Morgan fingerprint density at radius 3 is 2.45 bits per heavy atom. The van der Waals surface area contributed by atoms with Crippen LogP contribution in [0.1, 0.15) is 0 Å². The molecule has 0 fully saturated rings. The maximum absolute atomic E-state index is 13.6. The van der Waals surface area contributed by atoms with Crippen LogP contribution in [0.25, 0.3) is 10.9 Å². The van der Waals surface area contributed by atoms with E-state index >= 15 is 0 Å². The van der Waals surface area contributed by atoms with Gasteiger partial charge in [-0.25, -0.2) is 13.8 Å². The number of nitrogens with one attached hydrogen (secondary N) is 1. The molecular weight excluding hydrogens is 262 g/mol. The summed E-state index contributed by atoms with van der Waals surface area (Å²) >= 11 is 0. The molecule has 0 spiro atoms. The average molecular weight is 272 g/mol. The Labute approximate surface area is 113 Å². The van der Waals surface area contributed by atoms with Crippen molar-refractivity contribution < 1.29 is 8.78 Å². The molecule has 2 aromatic carbocycles. The zero-order valence-corrected chi connectivity index (χ0v) is 10.3. The monoisotopic (exact) mass is 272 g/mol. The predicted molar refractivity (Wildman–Crippen MR) is 73.6 cm³/mol. The maximum atomic E-state index is 13.6. The third-order valence-corrected chi connectivity index (χ3v) is 2.80. The van der Waals surface area contributed by atoms with Crippen LogP contribution in [0.2, 0.25) is 0 Å². The van der Waals surface area contributed by atoms with Gasteiger partial charge in [0.15, 0.2) is 0 Å². The Hall–Kier alpha value is -2.76. The van der Waals surface area contributed by atoms with Crippen LogP contribution in [0.15, 0.2) is 42.5 Å². The Bertz CT molecular complexity index is 772. The van der Waals surface area contributed by atoms with Crippen molar-refractivity contribution in [3.8, 4) is 0 Å². The Balaban J connectivity index is 2.02. The van der Waals surface area contributed by atoms with Crippen molar-refractivity contribution in [3.05, 3.63) is 54.1 Å². The summed E-state index contributed by atoms with van der Waals surface area (Å²) in [4.78, 5) is 8.18. The van der Waals surface area contributed by atoms with Gasteiger partial charge in [0.05, 0.1) is 10.9 Å². The highest BCUT2D eigenvalue weighted by Gasteiger charge is 2.09. The van der Waals surface area contributed by atoms with E-state index in [-0.39, 0.29) is 23.0 Å². The van der Waals surface area contributed by atoms with Crippen molar-refractivity contribution >= 4 is 28.4 Å². The molecule has 0 aliphatic carbocycles. The predicted octanol–water partition coefficient (Wildman–Crippen LogP) is 3.23. The minimum Gasteiger partial charge on any atom is -0.383 e. The molecular formula is C14H10F2N4. The third-order valence-electron chi connectivity index (χ3n) is 2.80. The van der Waals surface area contributed by atoms with Crippen molar-refractivity contribution in [2.75, 3.05) is 11.1 Å². The fourth-order valence-corrected chi connectivity index (χ4v) is 1.89. The molecule has 0 aliphatic rings. The van der Waals surface area contributed by atoms with Crippen LogP contribution in [0.4, 0.5) is 26.2 Å². The molecule has 0 aliphatic heterocycles. The van der Waals surface area contributed by atoms with Crippen molar-refractivity contribution in [1.29, 1.82) is 0 Å². The van der Waals surface area contributed by atoms with Gasteiger partial charge in [-0.3, -0.25) is 0 Å². The lowest BCUT2D eigenvalue weighted by Gasteiger charge is -2.08. The highest BCUT2D eigenvalue weighted by Crippen LogP contribution is 2.23. The van der Waals surface area contributed by atoms with Gasteiger partial charge in [0.25, 0.3) is 0 Å². The second kappa shape index (κ2) is 4.73. The van der Waals surface area contributed by atoms with Crippen LogP contribution in [-0.2, 0) is 0 Å². The molecule has 100 valence electrons. The van der Waals surface area contributed by atoms with E-state index in [0.717, 1.165) is 0 Å². The highest BCUT2D eigenvalue weighted by atomic mass is 19.1. The number of anilines is 3. The molecule has 0 atom stereocenters. The summed E-state index contributed by atoms with van der Waals surface area (Å²) in [5.41, 5.74) is 6.76. The quantitative estimate of drug-likeness (QED) is 0.751. The van der Waals surface area contributed by atoms with E-state index in [1.54, 1.807) is 24.3 Å². The summed E-state index contributed by atoms with van der Waals surface area (Å²) in [5.74, 6) is -0.519. The smallest absolute Gasteiger partial charge is 0.229 e. The molecule has 0 amide bonds. The normalized spacial score (nSPS) is 10.7. The number of nitrogen functional groups attached to an aromatic ring is 1. The van der Waals surface area contributed by atoms with Gasteiger partial charge in [-0.15, -0.1) is 0 Å². The maximum Gasteiger partial charge on any atom is 0.229 e. The lowest BCUT2D eigenvalue weighted by molar-refractivity contribution is 0.628. The SMILES string of the molecule is Nc1nc(Nc2ccc(F)cc2)nc2cccc(F)c12. The van der Waals surface area contributed by atoms with E-state index in [0.29, 0.717) is 11.2 Å². The average Bonchev–Trinajstić information content (AvgIpc) is 2.41. The molecule has 0 radical (unpaired) electrons. The molecule has 0 saturated heterocycles. The molecule has 4 nitrogen and oxygen atoms in total. The van der Waals surface area contributed by atoms with Crippen LogP contribution < -0.4 is 11.1 Å². The van der Waals surface area contributed by atoms with Crippen molar-refractivity contribution in [1.82, 2.24) is 9.97 Å². The fourth-order valence-electron chi connectivity index (χ4n) is 1.89. The van der Waals surface area contributed by atoms with Gasteiger partial charge in [-0.05, 0) is 36.4 Å². The molecule has 6 heteroatoms. The minimum atomic E-state index is -0.465. The van der Waals surface area contributed by atoms with E-state index in [2.05, 4.69) is 15.3 Å². The standard InChI is InChI=1S/C14H10F2N4/c15-8-4-6-9(7-5-8)18-14-19-11-3-1-2-10(16)12(11)13(17)20-14/h1-7H,(H3,17,18,19,20). The van der Waals surface area contributed by atoms with E-state index < -0.39 is 5.82 Å². The zero-order chi connectivity index (χ0) is 14.1. The second-order valence-electron chi connectivity index (χ2n) is 4.20. The van der Waals surface area contributed by atoms with Crippen molar-refractivity contribution in [2.24, 2.45) is 0 Å². The number of nitrogens with two attached hydrogens (primary N) is 1. The van der Waals surface area contributed by atoms with Gasteiger partial charge < -0.3 is 11.1 Å². The first-order valence-electron chi connectivity index (χ1n) is 5.88. The van der Waals surface area contributed by atoms with Crippen molar-refractivity contribution in [2.45, 2.75) is 0 Å². The first kappa shape index (κ1) is 12.3. The molecule has 20 heavy (non-hydrogen) atoms. The number of benzene rings is 2. The molecule has 0 unspecified atom stereocenters. The number of aromatic nitrogens is 2. The molecule has 3 aromatic rings. The second-order valence-corrected chi connectivity index (χ2v) is 4.20. The summed E-state index contributed by atoms with van der Waals surface area (Å²) in [5, 5.41) is 3.08. The van der Waals surface area contributed by atoms with E-state index in [1.807, 2.05) is 0 Å². The highest BCUT2D eigenvalue weighted by molar-refractivity contribution is 5.89. The number of hydrogen-bond acceptors (Lipinski definition) is 4. The van der Waals surface area contributed by atoms with E-state index in [1.165, 1.54) is 18.2 Å². The Morgan fingerprint density at radius 2 is 1.70 bits per heavy atom. The minimum absolute atomic E-state index is 0.0534. The summed E-state index contributed by atoms with van der Waals surface area (Å²) in [6.07, 6.45) is 0. The largest absolute Gasteiger partial charge is 0.383 e. The number of nitrogens with zero attached hydrogens (tertiary/aromatic N) is 2. The van der Waals surface area contributed by atoms with E-state index in [9.17, 15) is 8.78 Å². The van der Waals surface area contributed by atoms with Crippen LogP contribution in [-0.4, -0.2) is 9.97 Å². The Morgan fingerprint density at radius 1 is 0.950 bits per heavy atom. The number of rotatable bonds is 2. The topological polar surface area (TPSA) is 63.8 Å².